The van der Waals surface area contributed by atoms with Crippen LogP contribution in [0.5, 0.6) is 0 Å². The highest BCUT2D eigenvalue weighted by Crippen LogP contribution is 2.30. The lowest BCUT2D eigenvalue weighted by atomic mass is 9.89. The molecule has 5 heteroatoms. The summed E-state index contributed by atoms with van der Waals surface area (Å²) in [4.78, 5) is 25.1. The first-order valence-corrected chi connectivity index (χ1v) is 5.88. The summed E-state index contributed by atoms with van der Waals surface area (Å²) in [5.41, 5.74) is -0.991. The highest BCUT2D eigenvalue weighted by atomic mass is 16.6. The summed E-state index contributed by atoms with van der Waals surface area (Å²) in [7, 11) is 1.61. The minimum atomic E-state index is -0.497. The van der Waals surface area contributed by atoms with E-state index in [4.69, 9.17) is 4.74 Å². The van der Waals surface area contributed by atoms with Crippen molar-refractivity contribution in [1.82, 2.24) is 10.2 Å². The van der Waals surface area contributed by atoms with Crippen LogP contribution in [0.1, 0.15) is 34.1 Å². The number of carbonyl (C=O) groups is 2. The van der Waals surface area contributed by atoms with Gasteiger partial charge in [-0.2, -0.15) is 0 Å². The van der Waals surface area contributed by atoms with E-state index < -0.39 is 11.0 Å². The van der Waals surface area contributed by atoms with Crippen molar-refractivity contribution in [3.8, 4) is 0 Å². The fraction of sp³-hybridized carbons (Fsp3) is 0.833. The van der Waals surface area contributed by atoms with E-state index in [0.29, 0.717) is 19.5 Å². The maximum absolute atomic E-state index is 11.8. The molecular weight excluding hydrogens is 220 g/mol. The summed E-state index contributed by atoms with van der Waals surface area (Å²) >= 11 is 0. The maximum Gasteiger partial charge on any atom is 0.410 e. The van der Waals surface area contributed by atoms with Crippen molar-refractivity contribution in [3.05, 3.63) is 0 Å². The molecule has 1 aliphatic rings. The fourth-order valence-electron chi connectivity index (χ4n) is 1.93. The number of hydrogen-bond acceptors (Lipinski definition) is 3. The zero-order valence-electron chi connectivity index (χ0n) is 11.3. The molecule has 1 heterocycles. The highest BCUT2D eigenvalue weighted by molar-refractivity contribution is 5.83. The molecule has 0 bridgehead atoms. The minimum absolute atomic E-state index is 0.0245. The summed E-state index contributed by atoms with van der Waals surface area (Å²) in [6.45, 7) is 8.35. The average molecular weight is 242 g/mol. The standard InChI is InChI=1S/C12H22N2O3/c1-11(2,3)17-10(16)14-7-6-12(4,8-14)9(15)13-5/h6-8H2,1-5H3,(H,13,15). The number of nitrogens with zero attached hydrogens (tertiary/aromatic N) is 1. The summed E-state index contributed by atoms with van der Waals surface area (Å²) < 4.78 is 5.28. The Bertz CT molecular complexity index is 322. The normalized spacial score (nSPS) is 24.6. The first kappa shape index (κ1) is 13.8. The average Bonchev–Trinajstić information content (AvgIpc) is 2.58. The summed E-state index contributed by atoms with van der Waals surface area (Å²) in [6, 6.07) is 0. The lowest BCUT2D eigenvalue weighted by Crippen LogP contribution is -2.41. The Balaban J connectivity index is 2.62. The molecular formula is C12H22N2O3. The van der Waals surface area contributed by atoms with Gasteiger partial charge in [-0.3, -0.25) is 4.79 Å². The van der Waals surface area contributed by atoms with Crippen LogP contribution in [0.3, 0.4) is 0 Å². The molecule has 1 saturated heterocycles. The molecule has 0 aromatic heterocycles. The third-order valence-corrected chi connectivity index (χ3v) is 2.90. The molecule has 0 saturated carbocycles. The lowest BCUT2D eigenvalue weighted by molar-refractivity contribution is -0.128. The van der Waals surface area contributed by atoms with Gasteiger partial charge in [-0.05, 0) is 34.1 Å². The van der Waals surface area contributed by atoms with Gasteiger partial charge in [-0.25, -0.2) is 4.79 Å². The lowest BCUT2D eigenvalue weighted by Gasteiger charge is -2.26. The molecule has 1 N–H and O–H groups in total. The van der Waals surface area contributed by atoms with Crippen LogP contribution in [0.2, 0.25) is 0 Å². The second kappa shape index (κ2) is 4.55. The summed E-state index contributed by atoms with van der Waals surface area (Å²) in [5.74, 6) is -0.0245. The molecule has 1 atom stereocenters. The van der Waals surface area contributed by atoms with Crippen LogP contribution in [0.15, 0.2) is 0 Å². The van der Waals surface area contributed by atoms with E-state index in [2.05, 4.69) is 5.32 Å². The van der Waals surface area contributed by atoms with Gasteiger partial charge < -0.3 is 15.0 Å². The van der Waals surface area contributed by atoms with E-state index in [1.54, 1.807) is 11.9 Å². The van der Waals surface area contributed by atoms with Gasteiger partial charge in [0.1, 0.15) is 5.60 Å². The number of carbonyl (C=O) groups excluding carboxylic acids is 2. The molecule has 0 radical (unpaired) electrons. The van der Waals surface area contributed by atoms with E-state index in [1.807, 2.05) is 27.7 Å². The molecule has 1 unspecified atom stereocenters. The SMILES string of the molecule is CNC(=O)C1(C)CCN(C(=O)OC(C)(C)C)C1. The van der Waals surface area contributed by atoms with Gasteiger partial charge in [-0.15, -0.1) is 0 Å². The van der Waals surface area contributed by atoms with Crippen LogP contribution in [-0.2, 0) is 9.53 Å². The molecule has 0 aromatic carbocycles. The van der Waals surface area contributed by atoms with Crippen molar-refractivity contribution in [2.75, 3.05) is 20.1 Å². The Labute approximate surface area is 102 Å². The van der Waals surface area contributed by atoms with Gasteiger partial charge in [0.25, 0.3) is 0 Å². The minimum Gasteiger partial charge on any atom is -0.444 e. The maximum atomic E-state index is 11.8. The molecule has 0 aliphatic carbocycles. The number of ether oxygens (including phenoxy) is 1. The van der Waals surface area contributed by atoms with Crippen LogP contribution in [0.4, 0.5) is 4.79 Å². The first-order chi connectivity index (χ1) is 7.68. The van der Waals surface area contributed by atoms with E-state index in [1.165, 1.54) is 0 Å². The molecule has 5 nitrogen and oxygen atoms in total. The van der Waals surface area contributed by atoms with Gasteiger partial charge in [0.15, 0.2) is 0 Å². The van der Waals surface area contributed by atoms with Gasteiger partial charge in [0.05, 0.1) is 5.41 Å². The third kappa shape index (κ3) is 3.35. The van der Waals surface area contributed by atoms with E-state index >= 15 is 0 Å². The van der Waals surface area contributed by atoms with Crippen LogP contribution in [0.25, 0.3) is 0 Å². The van der Waals surface area contributed by atoms with Crippen molar-refractivity contribution in [2.45, 2.75) is 39.7 Å². The van der Waals surface area contributed by atoms with Crippen molar-refractivity contribution >= 4 is 12.0 Å². The Kier molecular flexibility index (Phi) is 3.69. The fourth-order valence-corrected chi connectivity index (χ4v) is 1.93. The largest absolute Gasteiger partial charge is 0.444 e. The molecule has 1 aliphatic heterocycles. The smallest absolute Gasteiger partial charge is 0.410 e. The molecule has 0 spiro atoms. The number of rotatable bonds is 1. The molecule has 1 rings (SSSR count). The molecule has 98 valence electrons. The second-order valence-corrected chi connectivity index (χ2v) is 5.79. The first-order valence-electron chi connectivity index (χ1n) is 5.88. The molecule has 17 heavy (non-hydrogen) atoms. The third-order valence-electron chi connectivity index (χ3n) is 2.90. The summed E-state index contributed by atoms with van der Waals surface area (Å²) in [5, 5.41) is 2.64. The van der Waals surface area contributed by atoms with E-state index in [9.17, 15) is 9.59 Å². The van der Waals surface area contributed by atoms with E-state index in [0.717, 1.165) is 0 Å². The summed E-state index contributed by atoms with van der Waals surface area (Å²) in [6.07, 6.45) is 0.330. The number of likely N-dealkylation sites (tertiary alicyclic amines) is 1. The number of nitrogens with one attached hydrogen (secondary N) is 1. The van der Waals surface area contributed by atoms with Gasteiger partial charge in [0, 0.05) is 20.1 Å². The van der Waals surface area contributed by atoms with Gasteiger partial charge in [0.2, 0.25) is 5.91 Å². The molecule has 1 fully saturated rings. The van der Waals surface area contributed by atoms with Crippen molar-refractivity contribution in [3.63, 3.8) is 0 Å². The predicted molar refractivity (Wildman–Crippen MR) is 64.6 cm³/mol. The number of hydrogen-bond donors (Lipinski definition) is 1. The van der Waals surface area contributed by atoms with Crippen molar-refractivity contribution in [2.24, 2.45) is 5.41 Å². The number of amides is 2. The Morgan fingerprint density at radius 2 is 1.94 bits per heavy atom. The van der Waals surface area contributed by atoms with Gasteiger partial charge in [-0.1, -0.05) is 0 Å². The second-order valence-electron chi connectivity index (χ2n) is 5.79. The Hall–Kier alpha value is -1.26. The van der Waals surface area contributed by atoms with Crippen LogP contribution >= 0.6 is 0 Å². The van der Waals surface area contributed by atoms with Crippen LogP contribution < -0.4 is 5.32 Å². The van der Waals surface area contributed by atoms with Crippen LogP contribution in [-0.4, -0.2) is 42.6 Å². The van der Waals surface area contributed by atoms with Crippen molar-refractivity contribution in [1.29, 1.82) is 0 Å². The van der Waals surface area contributed by atoms with Gasteiger partial charge >= 0.3 is 6.09 Å². The molecule has 2 amide bonds. The predicted octanol–water partition coefficient (Wildman–Crippen LogP) is 1.38. The zero-order chi connectivity index (χ0) is 13.3. The topological polar surface area (TPSA) is 58.6 Å². The molecule has 0 aromatic rings. The Morgan fingerprint density at radius 3 is 2.41 bits per heavy atom. The van der Waals surface area contributed by atoms with E-state index in [-0.39, 0.29) is 12.0 Å². The Morgan fingerprint density at radius 1 is 1.35 bits per heavy atom. The monoisotopic (exact) mass is 242 g/mol. The van der Waals surface area contributed by atoms with Crippen molar-refractivity contribution < 1.29 is 14.3 Å². The quantitative estimate of drug-likeness (QED) is 0.755. The van der Waals surface area contributed by atoms with Crippen LogP contribution in [0, 0.1) is 5.41 Å². The highest BCUT2D eigenvalue weighted by Gasteiger charge is 2.42. The zero-order valence-corrected chi connectivity index (χ0v) is 11.3.